The third kappa shape index (κ3) is 4.38. The molecule has 1 aliphatic rings. The van der Waals surface area contributed by atoms with E-state index < -0.39 is 15.2 Å². The molecule has 0 N–H and O–H groups in total. The van der Waals surface area contributed by atoms with Gasteiger partial charge in [-0.2, -0.15) is 11.3 Å². The van der Waals surface area contributed by atoms with E-state index in [0.29, 0.717) is 29.9 Å². The Hall–Kier alpha value is 0.0700. The summed E-state index contributed by atoms with van der Waals surface area (Å²) in [6, 6.07) is 1.83. The van der Waals surface area contributed by atoms with Gasteiger partial charge < -0.3 is 4.74 Å². The zero-order valence-corrected chi connectivity index (χ0v) is 16.7. The first-order valence-corrected chi connectivity index (χ1v) is 9.83. The Morgan fingerprint density at radius 3 is 2.70 bits per heavy atom. The highest BCUT2D eigenvalue weighted by Crippen LogP contribution is 2.46. The maximum Gasteiger partial charge on any atom is 0.337 e. The van der Waals surface area contributed by atoms with Crippen LogP contribution < -0.4 is 0 Å². The van der Waals surface area contributed by atoms with Crippen LogP contribution in [0.25, 0.3) is 0 Å². The lowest BCUT2D eigenvalue weighted by molar-refractivity contribution is -0.144. The monoisotopic (exact) mass is 414 g/mol. The van der Waals surface area contributed by atoms with Gasteiger partial charge in [0.1, 0.15) is 0 Å². The number of ether oxygens (including phenoxy) is 1. The number of carbonyl (C=O) groups is 1. The molecule has 1 aliphatic carbocycles. The molecule has 0 saturated heterocycles. The topological polar surface area (TPSA) is 26.3 Å². The smallest absolute Gasteiger partial charge is 0.337 e. The van der Waals surface area contributed by atoms with Crippen molar-refractivity contribution in [3.63, 3.8) is 0 Å². The fraction of sp³-hybridized carbons (Fsp3) is 0.562. The number of rotatable bonds is 5. The molecule has 0 radical (unpaired) electrons. The van der Waals surface area contributed by atoms with Gasteiger partial charge in [0.2, 0.25) is 0 Å². The van der Waals surface area contributed by atoms with E-state index in [-0.39, 0.29) is 11.7 Å². The largest absolute Gasteiger partial charge is 0.425 e. The summed E-state index contributed by atoms with van der Waals surface area (Å²) in [5.74, 6) is -0.276. The number of alkyl halides is 3. The molecule has 0 aliphatic heterocycles. The predicted molar refractivity (Wildman–Crippen MR) is 98.6 cm³/mol. The first-order chi connectivity index (χ1) is 10.7. The summed E-state index contributed by atoms with van der Waals surface area (Å²) < 4.78 is 4.23. The van der Waals surface area contributed by atoms with Crippen LogP contribution in [0.1, 0.15) is 45.1 Å². The quantitative estimate of drug-likeness (QED) is 0.401. The van der Waals surface area contributed by atoms with Gasteiger partial charge in [0.25, 0.3) is 0 Å². The third-order valence-corrected chi connectivity index (χ3v) is 5.94. The van der Waals surface area contributed by atoms with Crippen molar-refractivity contribution in [1.29, 1.82) is 0 Å². The zero-order valence-electron chi connectivity index (χ0n) is 12.9. The first kappa shape index (κ1) is 19.4. The molecular weight excluding hydrogens is 398 g/mol. The molecule has 7 heteroatoms. The summed E-state index contributed by atoms with van der Waals surface area (Å²) in [6.07, 6.45) is 2.25. The van der Waals surface area contributed by atoms with E-state index in [2.05, 4.69) is 0 Å². The maximum absolute atomic E-state index is 12.8. The summed E-state index contributed by atoms with van der Waals surface area (Å²) in [5, 5.41) is 4.10. The van der Waals surface area contributed by atoms with Crippen molar-refractivity contribution in [1.82, 2.24) is 0 Å². The molecule has 0 spiro atoms. The minimum atomic E-state index is -1.30. The Labute approximate surface area is 160 Å². The van der Waals surface area contributed by atoms with Crippen molar-refractivity contribution in [2.45, 2.75) is 48.7 Å². The molecule has 0 saturated carbocycles. The zero-order chi connectivity index (χ0) is 17.3. The van der Waals surface area contributed by atoms with Crippen molar-refractivity contribution in [3.05, 3.63) is 33.2 Å². The minimum absolute atomic E-state index is 0.114. The molecule has 0 aromatic carbocycles. The molecule has 0 unspecified atom stereocenters. The average Bonchev–Trinajstić information content (AvgIpc) is 2.96. The molecule has 1 atom stereocenters. The molecule has 23 heavy (non-hydrogen) atoms. The Morgan fingerprint density at radius 1 is 1.48 bits per heavy atom. The highest BCUT2D eigenvalue weighted by atomic mass is 35.5. The average molecular weight is 416 g/mol. The number of allylic oxidation sites excluding steroid dienone is 2. The molecule has 0 fully saturated rings. The van der Waals surface area contributed by atoms with E-state index in [4.69, 9.17) is 51.1 Å². The second-order valence-electron chi connectivity index (χ2n) is 6.09. The van der Waals surface area contributed by atoms with Crippen LogP contribution >= 0.6 is 57.7 Å². The summed E-state index contributed by atoms with van der Waals surface area (Å²) in [6.45, 7) is 3.99. The third-order valence-electron chi connectivity index (χ3n) is 3.65. The van der Waals surface area contributed by atoms with Crippen LogP contribution in [0, 0.1) is 5.92 Å². The Kier molecular flexibility index (Phi) is 6.35. The van der Waals surface area contributed by atoms with Gasteiger partial charge in [0, 0.05) is 0 Å². The van der Waals surface area contributed by atoms with E-state index in [1.807, 2.05) is 30.7 Å². The van der Waals surface area contributed by atoms with Crippen LogP contribution in [0.2, 0.25) is 0 Å². The molecule has 1 aromatic heterocycles. The number of carbonyl (C=O) groups excluding carboxylic acids is 1. The molecular formula is C16H18Cl4O2S. The van der Waals surface area contributed by atoms with Crippen molar-refractivity contribution >= 4 is 63.7 Å². The summed E-state index contributed by atoms with van der Waals surface area (Å²) in [7, 11) is 0. The summed E-state index contributed by atoms with van der Waals surface area (Å²) in [4.78, 5) is 11.6. The first-order valence-electron chi connectivity index (χ1n) is 7.37. The fourth-order valence-electron chi connectivity index (χ4n) is 2.57. The SMILES string of the molecule is CC(C)C[C@@](Cl)(C(=O)OC1=C(Cl)CCCC1(Cl)Cl)c1ccsc1. The maximum atomic E-state index is 12.8. The minimum Gasteiger partial charge on any atom is -0.425 e. The van der Waals surface area contributed by atoms with Gasteiger partial charge in [0.05, 0.1) is 5.03 Å². The molecule has 1 heterocycles. The highest BCUT2D eigenvalue weighted by molar-refractivity contribution is 7.08. The summed E-state index contributed by atoms with van der Waals surface area (Å²) in [5.41, 5.74) is 0.713. The van der Waals surface area contributed by atoms with Gasteiger partial charge in [-0.25, -0.2) is 4.79 Å². The van der Waals surface area contributed by atoms with Crippen molar-refractivity contribution in [2.24, 2.45) is 5.92 Å². The predicted octanol–water partition coefficient (Wildman–Crippen LogP) is 6.58. The molecule has 2 nitrogen and oxygen atoms in total. The lowest BCUT2D eigenvalue weighted by atomic mass is 9.91. The number of hydrogen-bond acceptors (Lipinski definition) is 3. The fourth-order valence-corrected chi connectivity index (χ4v) is 4.83. The second kappa shape index (κ2) is 7.53. The Morgan fingerprint density at radius 2 is 2.17 bits per heavy atom. The normalized spacial score (nSPS) is 20.5. The molecule has 2 rings (SSSR count). The van der Waals surface area contributed by atoms with Crippen molar-refractivity contribution in [2.75, 3.05) is 0 Å². The molecule has 0 bridgehead atoms. The Bertz CT molecular complexity index is 595. The number of hydrogen-bond donors (Lipinski definition) is 0. The van der Waals surface area contributed by atoms with Crippen molar-refractivity contribution in [3.8, 4) is 0 Å². The van der Waals surface area contributed by atoms with Gasteiger partial charge in [-0.15, -0.1) is 11.6 Å². The number of halogens is 4. The lowest BCUT2D eigenvalue weighted by Crippen LogP contribution is -2.36. The van der Waals surface area contributed by atoms with E-state index in [0.717, 1.165) is 6.42 Å². The van der Waals surface area contributed by atoms with Gasteiger partial charge in [-0.1, -0.05) is 48.7 Å². The number of esters is 1. The molecule has 128 valence electrons. The van der Waals surface area contributed by atoms with Crippen molar-refractivity contribution < 1.29 is 9.53 Å². The van der Waals surface area contributed by atoms with E-state index in [1.54, 1.807) is 0 Å². The van der Waals surface area contributed by atoms with E-state index in [9.17, 15) is 4.79 Å². The van der Waals surface area contributed by atoms with Crippen LogP contribution in [0.4, 0.5) is 0 Å². The standard InChI is InChI=1S/C16H18Cl4O2S/c1-10(2)8-15(18,11-5-7-23-9-11)14(21)22-13-12(17)4-3-6-16(13,19)20/h5,7,9-10H,3-4,6,8H2,1-2H3/t15-/m0/s1. The van der Waals surface area contributed by atoms with Gasteiger partial charge in [-0.05, 0) is 54.0 Å². The van der Waals surface area contributed by atoms with Crippen LogP contribution in [0.5, 0.6) is 0 Å². The van der Waals surface area contributed by atoms with Gasteiger partial charge in [-0.3, -0.25) is 0 Å². The van der Waals surface area contributed by atoms with Crippen LogP contribution in [-0.2, 0) is 14.4 Å². The lowest BCUT2D eigenvalue weighted by Gasteiger charge is -2.31. The Balaban J connectivity index is 2.32. The molecule has 1 aromatic rings. The second-order valence-corrected chi connectivity index (χ2v) is 9.46. The van der Waals surface area contributed by atoms with Crippen LogP contribution in [0.15, 0.2) is 27.6 Å². The van der Waals surface area contributed by atoms with Crippen LogP contribution in [-0.4, -0.2) is 10.3 Å². The van der Waals surface area contributed by atoms with Gasteiger partial charge in [0.15, 0.2) is 15.0 Å². The molecule has 0 amide bonds. The van der Waals surface area contributed by atoms with E-state index in [1.165, 1.54) is 11.3 Å². The van der Waals surface area contributed by atoms with Crippen LogP contribution in [0.3, 0.4) is 0 Å². The number of thiophene rings is 1. The highest BCUT2D eigenvalue weighted by Gasteiger charge is 2.45. The summed E-state index contributed by atoms with van der Waals surface area (Å²) >= 11 is 26.9. The van der Waals surface area contributed by atoms with Gasteiger partial charge >= 0.3 is 5.97 Å². The van der Waals surface area contributed by atoms with E-state index >= 15 is 0 Å².